The summed E-state index contributed by atoms with van der Waals surface area (Å²) in [4.78, 5) is 12.3. The first kappa shape index (κ1) is 21.0. The van der Waals surface area contributed by atoms with Crippen molar-refractivity contribution in [1.29, 1.82) is 0 Å². The number of halogens is 1. The number of amides is 1. The Morgan fingerprint density at radius 1 is 1.24 bits per heavy atom. The van der Waals surface area contributed by atoms with Gasteiger partial charge < -0.3 is 10.1 Å². The Morgan fingerprint density at radius 3 is 2.69 bits per heavy atom. The van der Waals surface area contributed by atoms with Gasteiger partial charge in [0.25, 0.3) is 0 Å². The van der Waals surface area contributed by atoms with Crippen molar-refractivity contribution < 1.29 is 9.53 Å². The molecule has 6 nitrogen and oxygen atoms in total. The SMILES string of the molecule is C=CCn1c(SCC(=O)Nc2ccc(OCC)cc2)nnc1-c1ccccc1Cl. The number of nitrogens with zero attached hydrogens (tertiary/aromatic N) is 3. The van der Waals surface area contributed by atoms with Gasteiger partial charge in [-0.25, -0.2) is 0 Å². The van der Waals surface area contributed by atoms with Gasteiger partial charge in [0.05, 0.1) is 17.4 Å². The van der Waals surface area contributed by atoms with E-state index in [4.69, 9.17) is 16.3 Å². The van der Waals surface area contributed by atoms with Crippen LogP contribution in [0.15, 0.2) is 66.3 Å². The summed E-state index contributed by atoms with van der Waals surface area (Å²) in [6.07, 6.45) is 1.76. The highest BCUT2D eigenvalue weighted by Crippen LogP contribution is 2.29. The minimum Gasteiger partial charge on any atom is -0.494 e. The van der Waals surface area contributed by atoms with E-state index in [1.165, 1.54) is 11.8 Å². The summed E-state index contributed by atoms with van der Waals surface area (Å²) in [6.45, 7) is 6.83. The van der Waals surface area contributed by atoms with Crippen LogP contribution in [0.2, 0.25) is 5.02 Å². The maximum Gasteiger partial charge on any atom is 0.234 e. The number of hydrogen-bond donors (Lipinski definition) is 1. The highest BCUT2D eigenvalue weighted by atomic mass is 35.5. The Morgan fingerprint density at radius 2 is 2.00 bits per heavy atom. The first-order valence-corrected chi connectivity index (χ1v) is 10.4. The molecule has 0 saturated carbocycles. The van der Waals surface area contributed by atoms with Gasteiger partial charge in [0.1, 0.15) is 5.75 Å². The lowest BCUT2D eigenvalue weighted by molar-refractivity contribution is -0.113. The second-order valence-corrected chi connectivity index (χ2v) is 7.33. The van der Waals surface area contributed by atoms with Gasteiger partial charge in [0.2, 0.25) is 5.91 Å². The Balaban J connectivity index is 1.67. The van der Waals surface area contributed by atoms with Gasteiger partial charge in [0, 0.05) is 17.8 Å². The van der Waals surface area contributed by atoms with E-state index in [0.29, 0.717) is 34.8 Å². The van der Waals surface area contributed by atoms with Crippen LogP contribution in [-0.4, -0.2) is 33.0 Å². The van der Waals surface area contributed by atoms with Crippen LogP contribution in [0.4, 0.5) is 5.69 Å². The molecule has 0 aliphatic heterocycles. The molecular formula is C21H21ClN4O2S. The quantitative estimate of drug-likeness (QED) is 0.387. The minimum atomic E-state index is -0.133. The van der Waals surface area contributed by atoms with E-state index in [1.54, 1.807) is 12.1 Å². The third kappa shape index (κ3) is 5.40. The normalized spacial score (nSPS) is 10.6. The Bertz CT molecular complexity index is 989. The van der Waals surface area contributed by atoms with Crippen molar-refractivity contribution in [1.82, 2.24) is 14.8 Å². The second-order valence-electron chi connectivity index (χ2n) is 5.98. The van der Waals surface area contributed by atoms with Crippen LogP contribution >= 0.6 is 23.4 Å². The van der Waals surface area contributed by atoms with Gasteiger partial charge in [-0.15, -0.1) is 16.8 Å². The van der Waals surface area contributed by atoms with Crippen molar-refractivity contribution >= 4 is 35.0 Å². The van der Waals surface area contributed by atoms with Gasteiger partial charge >= 0.3 is 0 Å². The van der Waals surface area contributed by atoms with Crippen LogP contribution in [0.5, 0.6) is 5.75 Å². The molecule has 1 aromatic heterocycles. The molecule has 0 atom stereocenters. The molecule has 8 heteroatoms. The van der Waals surface area contributed by atoms with E-state index in [-0.39, 0.29) is 11.7 Å². The van der Waals surface area contributed by atoms with Crippen LogP contribution in [0.25, 0.3) is 11.4 Å². The van der Waals surface area contributed by atoms with E-state index in [2.05, 4.69) is 22.1 Å². The molecule has 0 aliphatic carbocycles. The summed E-state index contributed by atoms with van der Waals surface area (Å²) in [5.41, 5.74) is 1.50. The average Bonchev–Trinajstić information content (AvgIpc) is 3.11. The Kier molecular flexibility index (Phi) is 7.32. The Hall–Kier alpha value is -2.77. The monoisotopic (exact) mass is 428 g/mol. The molecule has 0 unspecified atom stereocenters. The van der Waals surface area contributed by atoms with Crippen molar-refractivity contribution in [2.24, 2.45) is 0 Å². The Labute approximate surface area is 178 Å². The molecule has 0 aliphatic rings. The molecule has 0 saturated heterocycles. The summed E-state index contributed by atoms with van der Waals surface area (Å²) < 4.78 is 7.29. The van der Waals surface area contributed by atoms with Gasteiger partial charge in [-0.3, -0.25) is 9.36 Å². The zero-order chi connectivity index (χ0) is 20.6. The lowest BCUT2D eigenvalue weighted by Gasteiger charge is -2.09. The van der Waals surface area contributed by atoms with Gasteiger partial charge in [-0.05, 0) is 43.3 Å². The maximum absolute atomic E-state index is 12.3. The van der Waals surface area contributed by atoms with E-state index >= 15 is 0 Å². The van der Waals surface area contributed by atoms with Crippen LogP contribution in [0, 0.1) is 0 Å². The molecular weight excluding hydrogens is 408 g/mol. The smallest absolute Gasteiger partial charge is 0.234 e. The molecule has 1 amide bonds. The van der Waals surface area contributed by atoms with Gasteiger partial charge in [0.15, 0.2) is 11.0 Å². The third-order valence-electron chi connectivity index (χ3n) is 3.92. The number of thioether (sulfide) groups is 1. The molecule has 1 N–H and O–H groups in total. The molecule has 150 valence electrons. The third-order valence-corrected chi connectivity index (χ3v) is 5.22. The number of ether oxygens (including phenoxy) is 1. The highest BCUT2D eigenvalue weighted by Gasteiger charge is 2.16. The van der Waals surface area contributed by atoms with Crippen LogP contribution in [-0.2, 0) is 11.3 Å². The summed E-state index contributed by atoms with van der Waals surface area (Å²) >= 11 is 7.61. The average molecular weight is 429 g/mol. The fourth-order valence-corrected chi connectivity index (χ4v) is 3.63. The van der Waals surface area contributed by atoms with E-state index < -0.39 is 0 Å². The lowest BCUT2D eigenvalue weighted by atomic mass is 10.2. The number of benzene rings is 2. The van der Waals surface area contributed by atoms with Crippen molar-refractivity contribution in [3.05, 3.63) is 66.2 Å². The van der Waals surface area contributed by atoms with Crippen molar-refractivity contribution in [3.8, 4) is 17.1 Å². The topological polar surface area (TPSA) is 69.0 Å². The first-order chi connectivity index (χ1) is 14.1. The summed E-state index contributed by atoms with van der Waals surface area (Å²) in [7, 11) is 0. The maximum atomic E-state index is 12.3. The minimum absolute atomic E-state index is 0.133. The number of allylic oxidation sites excluding steroid dienone is 1. The zero-order valence-electron chi connectivity index (χ0n) is 16.0. The molecule has 0 bridgehead atoms. The lowest BCUT2D eigenvalue weighted by Crippen LogP contribution is -2.14. The number of hydrogen-bond acceptors (Lipinski definition) is 5. The predicted octanol–water partition coefficient (Wildman–Crippen LogP) is 4.91. The van der Waals surface area contributed by atoms with E-state index in [0.717, 1.165) is 11.3 Å². The zero-order valence-corrected chi connectivity index (χ0v) is 17.5. The number of carbonyl (C=O) groups is 1. The van der Waals surface area contributed by atoms with Crippen molar-refractivity contribution in [3.63, 3.8) is 0 Å². The molecule has 3 aromatic rings. The number of aromatic nitrogens is 3. The molecule has 0 spiro atoms. The molecule has 2 aromatic carbocycles. The number of nitrogens with one attached hydrogen (secondary N) is 1. The van der Waals surface area contributed by atoms with E-state index in [1.807, 2.05) is 54.0 Å². The van der Waals surface area contributed by atoms with Crippen LogP contribution < -0.4 is 10.1 Å². The second kappa shape index (κ2) is 10.1. The van der Waals surface area contributed by atoms with Gasteiger partial charge in [-0.1, -0.05) is 41.6 Å². The highest BCUT2D eigenvalue weighted by molar-refractivity contribution is 7.99. The molecule has 0 fully saturated rings. The molecule has 0 radical (unpaired) electrons. The van der Waals surface area contributed by atoms with Crippen molar-refractivity contribution in [2.45, 2.75) is 18.6 Å². The number of anilines is 1. The van der Waals surface area contributed by atoms with Gasteiger partial charge in [-0.2, -0.15) is 0 Å². The predicted molar refractivity (Wildman–Crippen MR) is 118 cm³/mol. The van der Waals surface area contributed by atoms with Crippen molar-refractivity contribution in [2.75, 3.05) is 17.7 Å². The molecule has 29 heavy (non-hydrogen) atoms. The molecule has 3 rings (SSSR count). The largest absolute Gasteiger partial charge is 0.494 e. The summed E-state index contributed by atoms with van der Waals surface area (Å²) in [5.74, 6) is 1.48. The number of carbonyl (C=O) groups excluding carboxylic acids is 1. The summed E-state index contributed by atoms with van der Waals surface area (Å²) in [5, 5.41) is 12.6. The standard InChI is InChI=1S/C21H21ClN4O2S/c1-3-13-26-20(17-7-5-6-8-18(17)22)24-25-21(26)29-14-19(27)23-15-9-11-16(12-10-15)28-4-2/h3,5-12H,1,4,13-14H2,2H3,(H,23,27). The van der Waals surface area contributed by atoms with Crippen LogP contribution in [0.3, 0.4) is 0 Å². The number of rotatable bonds is 9. The fourth-order valence-electron chi connectivity index (χ4n) is 2.66. The first-order valence-electron chi connectivity index (χ1n) is 9.07. The van der Waals surface area contributed by atoms with Crippen LogP contribution in [0.1, 0.15) is 6.92 Å². The summed E-state index contributed by atoms with van der Waals surface area (Å²) in [6, 6.07) is 14.7. The fraction of sp³-hybridized carbons (Fsp3) is 0.190. The van der Waals surface area contributed by atoms with E-state index in [9.17, 15) is 4.79 Å². The molecule has 1 heterocycles.